The number of rotatable bonds is 1. The number of allylic oxidation sites excluding steroid dienone is 1. The van der Waals surface area contributed by atoms with Crippen LogP contribution in [0.15, 0.2) is 35.9 Å². The molecule has 5 fully saturated rings. The van der Waals surface area contributed by atoms with Crippen LogP contribution in [0.5, 0.6) is 0 Å². The van der Waals surface area contributed by atoms with Crippen molar-refractivity contribution in [2.75, 3.05) is 0 Å². The first-order chi connectivity index (χ1) is 12.1. The zero-order valence-corrected chi connectivity index (χ0v) is 14.4. The van der Waals surface area contributed by atoms with Crippen molar-refractivity contribution in [1.29, 1.82) is 0 Å². The summed E-state index contributed by atoms with van der Waals surface area (Å²) in [4.78, 5) is 25.7. The first kappa shape index (κ1) is 15.2. The molecule has 1 heterocycles. The number of esters is 2. The summed E-state index contributed by atoms with van der Waals surface area (Å²) in [5.74, 6) is -0.232. The van der Waals surface area contributed by atoms with Gasteiger partial charge >= 0.3 is 11.9 Å². The molecule has 0 unspecified atom stereocenters. The molecule has 1 aromatic rings. The van der Waals surface area contributed by atoms with E-state index in [0.717, 1.165) is 31.2 Å². The first-order valence-electron chi connectivity index (χ1n) is 9.30. The van der Waals surface area contributed by atoms with E-state index in [1.54, 1.807) is 6.92 Å². The van der Waals surface area contributed by atoms with Crippen molar-refractivity contribution < 1.29 is 19.1 Å². The van der Waals surface area contributed by atoms with Gasteiger partial charge in [-0.2, -0.15) is 0 Å². The smallest absolute Gasteiger partial charge is 0.349 e. The van der Waals surface area contributed by atoms with Crippen LogP contribution in [0.25, 0.3) is 5.57 Å². The molecule has 4 heteroatoms. The van der Waals surface area contributed by atoms with Gasteiger partial charge in [0.05, 0.1) is 0 Å². The van der Waals surface area contributed by atoms with Gasteiger partial charge in [-0.15, -0.1) is 0 Å². The average Bonchev–Trinajstić information content (AvgIpc) is 2.59. The third-order valence-corrected chi connectivity index (χ3v) is 6.77. The largest absolute Gasteiger partial charge is 0.418 e. The van der Waals surface area contributed by atoms with Crippen molar-refractivity contribution in [3.05, 3.63) is 41.5 Å². The van der Waals surface area contributed by atoms with Crippen molar-refractivity contribution in [1.82, 2.24) is 0 Å². The molecular formula is C21H22O4. The fraction of sp³-hybridized carbons (Fsp3) is 0.524. The average molecular weight is 338 g/mol. The number of hydrogen-bond donors (Lipinski definition) is 0. The van der Waals surface area contributed by atoms with Crippen molar-refractivity contribution in [2.45, 2.75) is 44.8 Å². The molecule has 0 atom stereocenters. The molecule has 1 saturated heterocycles. The monoisotopic (exact) mass is 338 g/mol. The molecule has 4 saturated carbocycles. The van der Waals surface area contributed by atoms with E-state index in [1.165, 1.54) is 6.42 Å². The summed E-state index contributed by atoms with van der Waals surface area (Å²) < 4.78 is 11.9. The highest BCUT2D eigenvalue weighted by Gasteiger charge is 2.64. The Kier molecular flexibility index (Phi) is 3.16. The lowest BCUT2D eigenvalue weighted by atomic mass is 9.53. The highest BCUT2D eigenvalue weighted by atomic mass is 16.7. The van der Waals surface area contributed by atoms with Crippen LogP contribution in [0.4, 0.5) is 0 Å². The molecular weight excluding hydrogens is 316 g/mol. The maximum atomic E-state index is 12.8. The van der Waals surface area contributed by atoms with Gasteiger partial charge in [-0.1, -0.05) is 30.3 Å². The summed E-state index contributed by atoms with van der Waals surface area (Å²) in [7, 11) is 0. The minimum Gasteiger partial charge on any atom is -0.418 e. The minimum atomic E-state index is -0.998. The Labute approximate surface area is 147 Å². The highest BCUT2D eigenvalue weighted by molar-refractivity contribution is 6.21. The molecule has 1 aliphatic heterocycles. The Balaban J connectivity index is 1.51. The van der Waals surface area contributed by atoms with Crippen LogP contribution >= 0.6 is 0 Å². The van der Waals surface area contributed by atoms with E-state index in [9.17, 15) is 9.59 Å². The summed E-state index contributed by atoms with van der Waals surface area (Å²) in [6.45, 7) is 1.78. The van der Waals surface area contributed by atoms with E-state index in [-0.39, 0.29) is 17.4 Å². The summed E-state index contributed by atoms with van der Waals surface area (Å²) in [5.41, 5.74) is 1.51. The van der Waals surface area contributed by atoms with Gasteiger partial charge in [0.15, 0.2) is 0 Å². The second-order valence-electron chi connectivity index (χ2n) is 8.17. The molecule has 1 spiro atoms. The fourth-order valence-electron chi connectivity index (χ4n) is 5.81. The topological polar surface area (TPSA) is 52.6 Å². The van der Waals surface area contributed by atoms with E-state index in [4.69, 9.17) is 9.47 Å². The molecule has 1 aromatic carbocycles. The Morgan fingerprint density at radius 3 is 1.92 bits per heavy atom. The molecule has 0 amide bonds. The Morgan fingerprint density at radius 1 is 0.880 bits per heavy atom. The molecule has 5 aliphatic rings. The second-order valence-corrected chi connectivity index (χ2v) is 8.17. The van der Waals surface area contributed by atoms with E-state index in [0.29, 0.717) is 17.4 Å². The van der Waals surface area contributed by atoms with Crippen LogP contribution in [0, 0.1) is 23.7 Å². The lowest BCUT2D eigenvalue weighted by Crippen LogP contribution is -2.64. The minimum absolute atomic E-state index is 0.0469. The maximum Gasteiger partial charge on any atom is 0.349 e. The van der Waals surface area contributed by atoms with Gasteiger partial charge in [0, 0.05) is 11.8 Å². The van der Waals surface area contributed by atoms with Crippen molar-refractivity contribution in [3.8, 4) is 0 Å². The number of carbonyl (C=O) groups is 2. The van der Waals surface area contributed by atoms with Crippen LogP contribution in [-0.2, 0) is 19.1 Å². The number of carbonyl (C=O) groups excluding carboxylic acids is 2. The third-order valence-electron chi connectivity index (χ3n) is 6.77. The Bertz CT molecular complexity index is 726. The number of benzene rings is 1. The van der Waals surface area contributed by atoms with Crippen LogP contribution in [0.1, 0.15) is 44.6 Å². The van der Waals surface area contributed by atoms with Crippen LogP contribution in [0.2, 0.25) is 0 Å². The lowest BCUT2D eigenvalue weighted by molar-refractivity contribution is -0.313. The molecule has 0 N–H and O–H groups in total. The SMILES string of the molecule is CC(=C1C(=O)OC2(OC1=O)C1CC3CC(C1)CC2C3)c1ccccc1. The standard InChI is InChI=1S/C21H22O4/c1-12(15-5-3-2-4-6-15)18-19(22)24-21(25-20(18)23)16-8-13-7-14(10-16)11-17(21)9-13/h2-6,13-14,16-17H,7-11H2,1H3. The van der Waals surface area contributed by atoms with Gasteiger partial charge in [0.1, 0.15) is 5.57 Å². The summed E-state index contributed by atoms with van der Waals surface area (Å²) in [6, 6.07) is 9.45. The van der Waals surface area contributed by atoms with Gasteiger partial charge in [-0.25, -0.2) is 9.59 Å². The van der Waals surface area contributed by atoms with Gasteiger partial charge in [0.25, 0.3) is 5.79 Å². The maximum absolute atomic E-state index is 12.8. The zero-order valence-electron chi connectivity index (χ0n) is 14.4. The molecule has 0 radical (unpaired) electrons. The second kappa shape index (κ2) is 5.20. The third kappa shape index (κ3) is 2.12. The van der Waals surface area contributed by atoms with Crippen LogP contribution in [-0.4, -0.2) is 17.7 Å². The summed E-state index contributed by atoms with van der Waals surface area (Å²) in [6.07, 6.45) is 5.37. The van der Waals surface area contributed by atoms with Crippen molar-refractivity contribution >= 4 is 17.5 Å². The predicted molar refractivity (Wildman–Crippen MR) is 91.0 cm³/mol. The van der Waals surface area contributed by atoms with E-state index < -0.39 is 17.7 Å². The van der Waals surface area contributed by atoms with Crippen LogP contribution < -0.4 is 0 Å². The van der Waals surface area contributed by atoms with E-state index >= 15 is 0 Å². The summed E-state index contributed by atoms with van der Waals surface area (Å²) in [5, 5.41) is 0. The van der Waals surface area contributed by atoms with E-state index in [1.807, 2.05) is 30.3 Å². The molecule has 4 aliphatic carbocycles. The van der Waals surface area contributed by atoms with Crippen LogP contribution in [0.3, 0.4) is 0 Å². The van der Waals surface area contributed by atoms with Crippen molar-refractivity contribution in [3.63, 3.8) is 0 Å². The highest BCUT2D eigenvalue weighted by Crippen LogP contribution is 2.61. The molecule has 4 nitrogen and oxygen atoms in total. The lowest BCUT2D eigenvalue weighted by Gasteiger charge is -2.59. The van der Waals surface area contributed by atoms with Gasteiger partial charge in [-0.05, 0) is 62.0 Å². The van der Waals surface area contributed by atoms with Gasteiger partial charge in [-0.3, -0.25) is 0 Å². The molecule has 130 valence electrons. The van der Waals surface area contributed by atoms with Gasteiger partial charge < -0.3 is 9.47 Å². The van der Waals surface area contributed by atoms with Gasteiger partial charge in [0.2, 0.25) is 0 Å². The fourth-order valence-corrected chi connectivity index (χ4v) is 5.81. The number of ether oxygens (including phenoxy) is 2. The predicted octanol–water partition coefficient (Wildman–Crippen LogP) is 3.71. The molecule has 25 heavy (non-hydrogen) atoms. The molecule has 4 bridgehead atoms. The van der Waals surface area contributed by atoms with Crippen molar-refractivity contribution in [2.24, 2.45) is 23.7 Å². The normalized spacial score (nSPS) is 38.7. The summed E-state index contributed by atoms with van der Waals surface area (Å²) >= 11 is 0. The number of hydrogen-bond acceptors (Lipinski definition) is 4. The molecule has 0 aromatic heterocycles. The zero-order chi connectivity index (χ0) is 17.2. The Morgan fingerprint density at radius 2 is 1.40 bits per heavy atom. The molecule has 6 rings (SSSR count). The Hall–Kier alpha value is -2.10. The first-order valence-corrected chi connectivity index (χ1v) is 9.30. The van der Waals surface area contributed by atoms with E-state index in [2.05, 4.69) is 0 Å². The quantitative estimate of drug-likeness (QED) is 0.445.